The molecule has 2 N–H and O–H groups in total. The van der Waals surface area contributed by atoms with E-state index in [9.17, 15) is 0 Å². The third-order valence-electron chi connectivity index (χ3n) is 5.53. The SMILES string of the molecule is COc1ccc(-c2nc([C@@H](C)Sc3nc(C)cc(N)n3)c(C)s2)cc1OCCN1CCOCC1. The van der Waals surface area contributed by atoms with Crippen LogP contribution in [0, 0.1) is 13.8 Å². The fraction of sp³-hybridized carbons (Fsp3) is 0.458. The second kappa shape index (κ2) is 11.4. The summed E-state index contributed by atoms with van der Waals surface area (Å²) in [5, 5.41) is 1.71. The Balaban J connectivity index is 1.48. The van der Waals surface area contributed by atoms with Crippen molar-refractivity contribution in [3.63, 3.8) is 0 Å². The molecule has 182 valence electrons. The molecule has 1 saturated heterocycles. The van der Waals surface area contributed by atoms with E-state index < -0.39 is 0 Å². The summed E-state index contributed by atoms with van der Waals surface area (Å²) in [5.74, 6) is 1.93. The Labute approximate surface area is 208 Å². The van der Waals surface area contributed by atoms with Crippen LogP contribution in [-0.2, 0) is 4.74 Å². The topological polar surface area (TPSA) is 95.6 Å². The summed E-state index contributed by atoms with van der Waals surface area (Å²) < 4.78 is 17.1. The van der Waals surface area contributed by atoms with E-state index in [0.717, 1.165) is 66.3 Å². The minimum atomic E-state index is 0.0914. The smallest absolute Gasteiger partial charge is 0.190 e. The average molecular weight is 502 g/mol. The zero-order valence-corrected chi connectivity index (χ0v) is 21.7. The Kier molecular flexibility index (Phi) is 8.25. The second-order valence-electron chi connectivity index (χ2n) is 8.11. The van der Waals surface area contributed by atoms with E-state index in [4.69, 9.17) is 24.9 Å². The van der Waals surface area contributed by atoms with Gasteiger partial charge in [-0.1, -0.05) is 11.8 Å². The monoisotopic (exact) mass is 501 g/mol. The molecule has 3 heterocycles. The van der Waals surface area contributed by atoms with Crippen LogP contribution in [0.3, 0.4) is 0 Å². The van der Waals surface area contributed by atoms with Crippen molar-refractivity contribution < 1.29 is 14.2 Å². The molecule has 0 saturated carbocycles. The number of nitrogens with two attached hydrogens (primary N) is 1. The average Bonchev–Trinajstić information content (AvgIpc) is 3.21. The van der Waals surface area contributed by atoms with E-state index in [1.54, 1.807) is 36.3 Å². The molecule has 3 aromatic rings. The van der Waals surface area contributed by atoms with E-state index in [1.165, 1.54) is 4.88 Å². The highest BCUT2D eigenvalue weighted by Crippen LogP contribution is 2.40. The Morgan fingerprint density at radius 1 is 1.15 bits per heavy atom. The lowest BCUT2D eigenvalue weighted by atomic mass is 10.2. The van der Waals surface area contributed by atoms with Crippen molar-refractivity contribution in [3.8, 4) is 22.1 Å². The van der Waals surface area contributed by atoms with Crippen LogP contribution in [-0.4, -0.2) is 66.4 Å². The van der Waals surface area contributed by atoms with Gasteiger partial charge in [0.05, 0.1) is 31.3 Å². The highest BCUT2D eigenvalue weighted by atomic mass is 32.2. The maximum absolute atomic E-state index is 6.12. The van der Waals surface area contributed by atoms with E-state index in [0.29, 0.717) is 17.6 Å². The molecule has 0 spiro atoms. The number of anilines is 1. The van der Waals surface area contributed by atoms with E-state index in [1.807, 2.05) is 25.1 Å². The minimum Gasteiger partial charge on any atom is -0.493 e. The number of ether oxygens (including phenoxy) is 3. The molecule has 34 heavy (non-hydrogen) atoms. The number of thiazole rings is 1. The third kappa shape index (κ3) is 6.18. The molecule has 4 rings (SSSR count). The first-order valence-electron chi connectivity index (χ1n) is 11.3. The molecule has 0 radical (unpaired) electrons. The van der Waals surface area contributed by atoms with Gasteiger partial charge in [0, 0.05) is 41.8 Å². The fourth-order valence-corrected chi connectivity index (χ4v) is 5.86. The predicted molar refractivity (Wildman–Crippen MR) is 137 cm³/mol. The van der Waals surface area contributed by atoms with Gasteiger partial charge in [-0.05, 0) is 39.0 Å². The zero-order valence-electron chi connectivity index (χ0n) is 20.0. The lowest BCUT2D eigenvalue weighted by Crippen LogP contribution is -2.38. The van der Waals surface area contributed by atoms with E-state index in [2.05, 4.69) is 28.7 Å². The summed E-state index contributed by atoms with van der Waals surface area (Å²) in [7, 11) is 1.66. The van der Waals surface area contributed by atoms with Gasteiger partial charge in [-0.25, -0.2) is 15.0 Å². The van der Waals surface area contributed by atoms with Gasteiger partial charge in [-0.3, -0.25) is 4.90 Å². The molecule has 0 amide bonds. The molecule has 1 atom stereocenters. The first-order chi connectivity index (χ1) is 16.4. The third-order valence-corrected chi connectivity index (χ3v) is 7.54. The number of rotatable bonds is 9. The summed E-state index contributed by atoms with van der Waals surface area (Å²) in [5.41, 5.74) is 8.79. The fourth-order valence-electron chi connectivity index (χ4n) is 3.77. The van der Waals surface area contributed by atoms with Crippen molar-refractivity contribution in [1.29, 1.82) is 0 Å². The Morgan fingerprint density at radius 2 is 1.94 bits per heavy atom. The molecule has 1 aliphatic heterocycles. The molecule has 1 aliphatic rings. The van der Waals surface area contributed by atoms with Gasteiger partial charge in [0.1, 0.15) is 17.4 Å². The molecule has 1 fully saturated rings. The lowest BCUT2D eigenvalue weighted by Gasteiger charge is -2.26. The van der Waals surface area contributed by atoms with Crippen LogP contribution in [0.15, 0.2) is 29.4 Å². The number of hydrogen-bond donors (Lipinski definition) is 1. The quantitative estimate of drug-likeness (QED) is 0.339. The van der Waals surface area contributed by atoms with Gasteiger partial charge in [0.25, 0.3) is 0 Å². The van der Waals surface area contributed by atoms with Gasteiger partial charge in [-0.2, -0.15) is 0 Å². The molecule has 0 unspecified atom stereocenters. The number of thioether (sulfide) groups is 1. The van der Waals surface area contributed by atoms with Crippen LogP contribution in [0.25, 0.3) is 10.6 Å². The Hall–Kier alpha value is -2.40. The number of benzene rings is 1. The minimum absolute atomic E-state index is 0.0914. The number of methoxy groups -OCH3 is 1. The van der Waals surface area contributed by atoms with Crippen molar-refractivity contribution >= 4 is 28.9 Å². The molecular formula is C24H31N5O3S2. The first kappa shape index (κ1) is 24.7. The molecule has 1 aromatic carbocycles. The maximum atomic E-state index is 6.12. The van der Waals surface area contributed by atoms with Crippen LogP contribution in [0.4, 0.5) is 5.82 Å². The summed E-state index contributed by atoms with van der Waals surface area (Å²) in [6, 6.07) is 7.75. The van der Waals surface area contributed by atoms with Crippen LogP contribution < -0.4 is 15.2 Å². The standard InChI is InChI=1S/C24H31N5O3S2/c1-15-13-21(25)27-24(26-15)34-17(3)22-16(2)33-23(28-22)18-5-6-19(30-4)20(14-18)32-12-9-29-7-10-31-11-8-29/h5-6,13-14,17H,7-12H2,1-4H3,(H2,25,26,27)/t17-/m1/s1. The van der Waals surface area contributed by atoms with Crippen LogP contribution >= 0.6 is 23.1 Å². The molecule has 0 bridgehead atoms. The van der Waals surface area contributed by atoms with Crippen molar-refractivity contribution in [2.45, 2.75) is 31.2 Å². The van der Waals surface area contributed by atoms with E-state index in [-0.39, 0.29) is 5.25 Å². The molecule has 8 nitrogen and oxygen atoms in total. The Morgan fingerprint density at radius 3 is 2.68 bits per heavy atom. The molecule has 2 aromatic heterocycles. The van der Waals surface area contributed by atoms with Gasteiger partial charge >= 0.3 is 0 Å². The molecule has 0 aliphatic carbocycles. The summed E-state index contributed by atoms with van der Waals surface area (Å²) in [4.78, 5) is 17.3. The summed E-state index contributed by atoms with van der Waals surface area (Å²) >= 11 is 3.24. The summed E-state index contributed by atoms with van der Waals surface area (Å²) in [6.45, 7) is 11.0. The number of aryl methyl sites for hydroxylation is 2. The predicted octanol–water partition coefficient (Wildman–Crippen LogP) is 4.37. The maximum Gasteiger partial charge on any atom is 0.190 e. The number of nitrogen functional groups attached to an aromatic ring is 1. The normalized spacial score (nSPS) is 15.3. The lowest BCUT2D eigenvalue weighted by molar-refractivity contribution is 0.0321. The van der Waals surface area contributed by atoms with Crippen molar-refractivity contribution in [2.24, 2.45) is 0 Å². The van der Waals surface area contributed by atoms with Crippen molar-refractivity contribution in [1.82, 2.24) is 19.9 Å². The van der Waals surface area contributed by atoms with Gasteiger partial charge in [0.15, 0.2) is 16.7 Å². The number of hydrogen-bond acceptors (Lipinski definition) is 10. The first-order valence-corrected chi connectivity index (χ1v) is 13.0. The van der Waals surface area contributed by atoms with Gasteiger partial charge < -0.3 is 19.9 Å². The van der Waals surface area contributed by atoms with Crippen LogP contribution in [0.1, 0.15) is 28.4 Å². The number of aromatic nitrogens is 3. The van der Waals surface area contributed by atoms with Gasteiger partial charge in [-0.15, -0.1) is 11.3 Å². The van der Waals surface area contributed by atoms with Gasteiger partial charge in [0.2, 0.25) is 0 Å². The number of morpholine rings is 1. The zero-order chi connectivity index (χ0) is 24.1. The van der Waals surface area contributed by atoms with Crippen molar-refractivity contribution in [3.05, 3.63) is 40.5 Å². The second-order valence-corrected chi connectivity index (χ2v) is 10.6. The van der Waals surface area contributed by atoms with Crippen molar-refractivity contribution in [2.75, 3.05) is 52.3 Å². The highest BCUT2D eigenvalue weighted by Gasteiger charge is 2.19. The van der Waals surface area contributed by atoms with Crippen LogP contribution in [0.2, 0.25) is 0 Å². The highest BCUT2D eigenvalue weighted by molar-refractivity contribution is 7.99. The van der Waals surface area contributed by atoms with E-state index >= 15 is 0 Å². The largest absolute Gasteiger partial charge is 0.493 e. The molecular weight excluding hydrogens is 470 g/mol. The molecule has 10 heteroatoms. The van der Waals surface area contributed by atoms with Crippen LogP contribution in [0.5, 0.6) is 11.5 Å². The number of nitrogens with zero attached hydrogens (tertiary/aromatic N) is 4. The Bertz CT molecular complexity index is 1100. The summed E-state index contributed by atoms with van der Waals surface area (Å²) in [6.07, 6.45) is 0.